The molecule has 17 heavy (non-hydrogen) atoms. The molecule has 1 rings (SSSR count). The van der Waals surface area contributed by atoms with Gasteiger partial charge < -0.3 is 10.1 Å². The summed E-state index contributed by atoms with van der Waals surface area (Å²) < 4.78 is 18.8. The molecule has 2 nitrogen and oxygen atoms in total. The molecule has 0 spiro atoms. The van der Waals surface area contributed by atoms with E-state index in [0.29, 0.717) is 0 Å². The molecular formula is C14H22FNO. The fourth-order valence-corrected chi connectivity index (χ4v) is 1.86. The van der Waals surface area contributed by atoms with Crippen LogP contribution in [0.2, 0.25) is 0 Å². The Bertz CT molecular complexity index is 352. The van der Waals surface area contributed by atoms with Crippen LogP contribution in [0.5, 0.6) is 0 Å². The zero-order valence-corrected chi connectivity index (χ0v) is 11.1. The minimum Gasteiger partial charge on any atom is -0.377 e. The van der Waals surface area contributed by atoms with E-state index in [0.717, 1.165) is 18.5 Å². The van der Waals surface area contributed by atoms with Crippen LogP contribution in [0.4, 0.5) is 4.39 Å². The molecule has 1 unspecified atom stereocenters. The Kier molecular flexibility index (Phi) is 5.09. The topological polar surface area (TPSA) is 21.3 Å². The summed E-state index contributed by atoms with van der Waals surface area (Å²) in [6.07, 6.45) is 1.03. The molecule has 0 saturated carbocycles. The van der Waals surface area contributed by atoms with Gasteiger partial charge in [0.2, 0.25) is 0 Å². The van der Waals surface area contributed by atoms with Crippen molar-refractivity contribution in [1.82, 2.24) is 5.32 Å². The van der Waals surface area contributed by atoms with Gasteiger partial charge in [-0.3, -0.25) is 0 Å². The standard InChI is InChI=1S/C14H22FNO/c1-5-9-16-13(14(2,3)17-4)11-7-6-8-12(15)10-11/h6-8,10,13,16H,5,9H2,1-4H3. The van der Waals surface area contributed by atoms with E-state index < -0.39 is 0 Å². The van der Waals surface area contributed by atoms with Crippen LogP contribution in [0.3, 0.4) is 0 Å². The molecule has 0 amide bonds. The number of nitrogens with one attached hydrogen (secondary N) is 1. The molecule has 0 saturated heterocycles. The first kappa shape index (κ1) is 14.1. The highest BCUT2D eigenvalue weighted by Gasteiger charge is 2.30. The van der Waals surface area contributed by atoms with Gasteiger partial charge in [0.25, 0.3) is 0 Å². The third kappa shape index (κ3) is 3.79. The summed E-state index contributed by atoms with van der Waals surface area (Å²) in [5.41, 5.74) is 0.550. The molecule has 0 bridgehead atoms. The maximum Gasteiger partial charge on any atom is 0.123 e. The van der Waals surface area contributed by atoms with Crippen molar-refractivity contribution in [2.45, 2.75) is 38.8 Å². The zero-order valence-electron chi connectivity index (χ0n) is 11.1. The second-order valence-corrected chi connectivity index (χ2v) is 4.75. The van der Waals surface area contributed by atoms with Gasteiger partial charge in [0.1, 0.15) is 5.82 Å². The quantitative estimate of drug-likeness (QED) is 0.822. The molecule has 1 aromatic rings. The molecule has 0 aliphatic rings. The molecule has 0 aliphatic carbocycles. The van der Waals surface area contributed by atoms with Gasteiger partial charge >= 0.3 is 0 Å². The van der Waals surface area contributed by atoms with Gasteiger partial charge in [-0.15, -0.1) is 0 Å². The van der Waals surface area contributed by atoms with Gasteiger partial charge in [0, 0.05) is 7.11 Å². The van der Waals surface area contributed by atoms with Crippen LogP contribution in [0.1, 0.15) is 38.8 Å². The Morgan fingerprint density at radius 1 is 1.41 bits per heavy atom. The molecule has 0 aliphatic heterocycles. The van der Waals surface area contributed by atoms with E-state index in [9.17, 15) is 4.39 Å². The van der Waals surface area contributed by atoms with Gasteiger partial charge in [-0.2, -0.15) is 0 Å². The predicted molar refractivity (Wildman–Crippen MR) is 68.5 cm³/mol. The van der Waals surface area contributed by atoms with Crippen LogP contribution in [0.25, 0.3) is 0 Å². The summed E-state index contributed by atoms with van der Waals surface area (Å²) in [5, 5.41) is 3.41. The average molecular weight is 239 g/mol. The largest absolute Gasteiger partial charge is 0.377 e. The smallest absolute Gasteiger partial charge is 0.123 e. The average Bonchev–Trinajstić information content (AvgIpc) is 2.29. The minimum atomic E-state index is -0.372. The van der Waals surface area contributed by atoms with Gasteiger partial charge in [-0.1, -0.05) is 19.1 Å². The number of rotatable bonds is 6. The molecule has 3 heteroatoms. The third-order valence-corrected chi connectivity index (χ3v) is 3.00. The van der Waals surface area contributed by atoms with E-state index in [-0.39, 0.29) is 17.5 Å². The van der Waals surface area contributed by atoms with E-state index >= 15 is 0 Å². The fraction of sp³-hybridized carbons (Fsp3) is 0.571. The number of ether oxygens (including phenoxy) is 1. The van der Waals surface area contributed by atoms with E-state index in [4.69, 9.17) is 4.74 Å². The van der Waals surface area contributed by atoms with Crippen molar-refractivity contribution in [2.75, 3.05) is 13.7 Å². The third-order valence-electron chi connectivity index (χ3n) is 3.00. The highest BCUT2D eigenvalue weighted by atomic mass is 19.1. The summed E-state index contributed by atoms with van der Waals surface area (Å²) in [4.78, 5) is 0. The normalized spacial score (nSPS) is 13.7. The van der Waals surface area contributed by atoms with Crippen molar-refractivity contribution in [1.29, 1.82) is 0 Å². The Morgan fingerprint density at radius 2 is 2.12 bits per heavy atom. The summed E-state index contributed by atoms with van der Waals surface area (Å²) in [7, 11) is 1.68. The summed E-state index contributed by atoms with van der Waals surface area (Å²) in [6.45, 7) is 7.00. The Labute approximate surface area is 103 Å². The van der Waals surface area contributed by atoms with Crippen molar-refractivity contribution in [3.05, 3.63) is 35.6 Å². The van der Waals surface area contributed by atoms with Crippen LogP contribution in [-0.4, -0.2) is 19.3 Å². The molecule has 0 radical (unpaired) electrons. The molecule has 1 atom stereocenters. The maximum absolute atomic E-state index is 13.3. The summed E-state index contributed by atoms with van der Waals surface area (Å²) in [6, 6.07) is 6.67. The highest BCUT2D eigenvalue weighted by molar-refractivity contribution is 5.22. The Morgan fingerprint density at radius 3 is 2.65 bits per heavy atom. The van der Waals surface area contributed by atoms with Crippen LogP contribution < -0.4 is 5.32 Å². The molecule has 1 aromatic carbocycles. The minimum absolute atomic E-state index is 0.0110. The molecule has 96 valence electrons. The summed E-state index contributed by atoms with van der Waals surface area (Å²) >= 11 is 0. The number of hydrogen-bond acceptors (Lipinski definition) is 2. The first-order valence-electron chi connectivity index (χ1n) is 6.05. The monoisotopic (exact) mass is 239 g/mol. The first-order valence-corrected chi connectivity index (χ1v) is 6.05. The van der Waals surface area contributed by atoms with E-state index in [2.05, 4.69) is 12.2 Å². The van der Waals surface area contributed by atoms with Crippen LogP contribution in [0, 0.1) is 5.82 Å². The van der Waals surface area contributed by atoms with Crippen LogP contribution >= 0.6 is 0 Å². The van der Waals surface area contributed by atoms with Crippen LogP contribution in [0.15, 0.2) is 24.3 Å². The van der Waals surface area contributed by atoms with E-state index in [1.54, 1.807) is 19.2 Å². The number of benzene rings is 1. The predicted octanol–water partition coefficient (Wildman–Crippen LogP) is 3.29. The molecule has 0 heterocycles. The molecular weight excluding hydrogens is 217 g/mol. The lowest BCUT2D eigenvalue weighted by molar-refractivity contribution is -0.0111. The van der Waals surface area contributed by atoms with E-state index in [1.807, 2.05) is 19.9 Å². The van der Waals surface area contributed by atoms with Crippen molar-refractivity contribution in [2.24, 2.45) is 0 Å². The summed E-state index contributed by atoms with van der Waals surface area (Å²) in [5.74, 6) is -0.210. The zero-order chi connectivity index (χ0) is 12.9. The lowest BCUT2D eigenvalue weighted by atomic mass is 9.91. The van der Waals surface area contributed by atoms with Crippen molar-refractivity contribution in [3.63, 3.8) is 0 Å². The second-order valence-electron chi connectivity index (χ2n) is 4.75. The van der Waals surface area contributed by atoms with Crippen molar-refractivity contribution in [3.8, 4) is 0 Å². The van der Waals surface area contributed by atoms with Crippen molar-refractivity contribution < 1.29 is 9.13 Å². The van der Waals surface area contributed by atoms with Crippen molar-refractivity contribution >= 4 is 0 Å². The van der Waals surface area contributed by atoms with Gasteiger partial charge in [0.15, 0.2) is 0 Å². The van der Waals surface area contributed by atoms with Gasteiger partial charge in [0.05, 0.1) is 11.6 Å². The van der Waals surface area contributed by atoms with Crippen LogP contribution in [-0.2, 0) is 4.74 Å². The molecule has 0 fully saturated rings. The molecule has 0 aromatic heterocycles. The van der Waals surface area contributed by atoms with Gasteiger partial charge in [-0.05, 0) is 44.5 Å². The molecule has 1 N–H and O–H groups in total. The maximum atomic E-state index is 13.3. The number of halogens is 1. The highest BCUT2D eigenvalue weighted by Crippen LogP contribution is 2.28. The first-order chi connectivity index (χ1) is 8.01. The lowest BCUT2D eigenvalue weighted by Crippen LogP contribution is -2.41. The Hall–Kier alpha value is -0.930. The second kappa shape index (κ2) is 6.12. The number of methoxy groups -OCH3 is 1. The Balaban J connectivity index is 2.97. The number of hydrogen-bond donors (Lipinski definition) is 1. The SMILES string of the molecule is CCCNC(c1cccc(F)c1)C(C)(C)OC. The van der Waals surface area contributed by atoms with E-state index in [1.165, 1.54) is 6.07 Å². The lowest BCUT2D eigenvalue weighted by Gasteiger charge is -2.34. The fourth-order valence-electron chi connectivity index (χ4n) is 1.86. The van der Waals surface area contributed by atoms with Gasteiger partial charge in [-0.25, -0.2) is 4.39 Å².